The number of aliphatic carboxylic acids is 1. The van der Waals surface area contributed by atoms with Crippen LogP contribution in [0, 0.1) is 0 Å². The Morgan fingerprint density at radius 1 is 1.43 bits per heavy atom. The molecule has 2 N–H and O–H groups in total. The van der Waals surface area contributed by atoms with Crippen LogP contribution in [0.3, 0.4) is 0 Å². The molecule has 1 unspecified atom stereocenters. The van der Waals surface area contributed by atoms with Gasteiger partial charge < -0.3 is 15.3 Å². The zero-order chi connectivity index (χ0) is 16.0. The second kappa shape index (κ2) is 7.58. The van der Waals surface area contributed by atoms with E-state index >= 15 is 0 Å². The standard InChI is InChI=1S/C14H18N2O4S/c1-4-16(3)14(20)9(2)15-13(19)11-7-5-10(21-11)6-8-12(17)18/h5-9H,4H2,1-3H3,(H,15,19)(H,17,18)/b8-6+. The van der Waals surface area contributed by atoms with Gasteiger partial charge in [0.15, 0.2) is 0 Å². The summed E-state index contributed by atoms with van der Waals surface area (Å²) < 4.78 is 0. The fourth-order valence-electron chi connectivity index (χ4n) is 1.53. The van der Waals surface area contributed by atoms with Crippen LogP contribution in [0.25, 0.3) is 6.08 Å². The molecule has 0 aliphatic rings. The molecule has 21 heavy (non-hydrogen) atoms. The maximum atomic E-state index is 12.0. The Hall–Kier alpha value is -2.15. The third kappa shape index (κ3) is 5.03. The first kappa shape index (κ1) is 16.9. The van der Waals surface area contributed by atoms with E-state index in [-0.39, 0.29) is 11.8 Å². The van der Waals surface area contributed by atoms with Crippen molar-refractivity contribution in [2.45, 2.75) is 19.9 Å². The molecule has 0 aliphatic carbocycles. The highest BCUT2D eigenvalue weighted by molar-refractivity contribution is 7.14. The molecule has 114 valence electrons. The molecule has 0 spiro atoms. The first-order valence-electron chi connectivity index (χ1n) is 6.41. The summed E-state index contributed by atoms with van der Waals surface area (Å²) in [5.41, 5.74) is 0. The van der Waals surface area contributed by atoms with E-state index in [4.69, 9.17) is 5.11 Å². The minimum Gasteiger partial charge on any atom is -0.478 e. The van der Waals surface area contributed by atoms with E-state index in [1.165, 1.54) is 11.0 Å². The number of rotatable bonds is 6. The lowest BCUT2D eigenvalue weighted by Gasteiger charge is -2.20. The monoisotopic (exact) mass is 310 g/mol. The van der Waals surface area contributed by atoms with Gasteiger partial charge in [-0.2, -0.15) is 0 Å². The normalized spacial score (nSPS) is 12.1. The van der Waals surface area contributed by atoms with Crippen molar-refractivity contribution in [3.8, 4) is 0 Å². The molecule has 0 saturated carbocycles. The molecule has 1 aromatic heterocycles. The molecule has 0 saturated heterocycles. The van der Waals surface area contributed by atoms with E-state index in [1.807, 2.05) is 6.92 Å². The van der Waals surface area contributed by atoms with Crippen LogP contribution in [-0.4, -0.2) is 47.4 Å². The number of hydrogen-bond acceptors (Lipinski definition) is 4. The van der Waals surface area contributed by atoms with Gasteiger partial charge in [-0.3, -0.25) is 9.59 Å². The first-order valence-corrected chi connectivity index (χ1v) is 7.23. The molecular formula is C14H18N2O4S. The van der Waals surface area contributed by atoms with Gasteiger partial charge in [0.05, 0.1) is 4.88 Å². The highest BCUT2D eigenvalue weighted by atomic mass is 32.1. The summed E-state index contributed by atoms with van der Waals surface area (Å²) in [5, 5.41) is 11.2. The second-order valence-electron chi connectivity index (χ2n) is 4.42. The van der Waals surface area contributed by atoms with Gasteiger partial charge in [-0.15, -0.1) is 11.3 Å². The van der Waals surface area contributed by atoms with Crippen LogP contribution in [0.4, 0.5) is 0 Å². The lowest BCUT2D eigenvalue weighted by atomic mass is 10.3. The van der Waals surface area contributed by atoms with Crippen molar-refractivity contribution < 1.29 is 19.5 Å². The number of carbonyl (C=O) groups is 3. The molecule has 1 rings (SSSR count). The minimum atomic E-state index is -1.05. The Bertz CT molecular complexity index is 565. The van der Waals surface area contributed by atoms with Crippen molar-refractivity contribution >= 4 is 35.2 Å². The van der Waals surface area contributed by atoms with E-state index in [2.05, 4.69) is 5.32 Å². The number of carboxylic acid groups (broad SMARTS) is 1. The fraction of sp³-hybridized carbons (Fsp3) is 0.357. The highest BCUT2D eigenvalue weighted by Gasteiger charge is 2.19. The molecule has 0 aliphatic heterocycles. The van der Waals surface area contributed by atoms with Crippen molar-refractivity contribution in [3.05, 3.63) is 28.0 Å². The van der Waals surface area contributed by atoms with Crippen molar-refractivity contribution in [2.24, 2.45) is 0 Å². The predicted octanol–water partition coefficient (Wildman–Crippen LogP) is 1.44. The van der Waals surface area contributed by atoms with Crippen LogP contribution in [0.5, 0.6) is 0 Å². The summed E-state index contributed by atoms with van der Waals surface area (Å²) >= 11 is 1.16. The van der Waals surface area contributed by atoms with Gasteiger partial charge in [0, 0.05) is 24.5 Å². The summed E-state index contributed by atoms with van der Waals surface area (Å²) in [7, 11) is 1.67. The van der Waals surface area contributed by atoms with Gasteiger partial charge in [0.1, 0.15) is 6.04 Å². The summed E-state index contributed by atoms with van der Waals surface area (Å²) in [5.74, 6) is -1.55. The van der Waals surface area contributed by atoms with Crippen LogP contribution in [0.1, 0.15) is 28.4 Å². The zero-order valence-electron chi connectivity index (χ0n) is 12.1. The maximum absolute atomic E-state index is 12.0. The second-order valence-corrected chi connectivity index (χ2v) is 5.54. The lowest BCUT2D eigenvalue weighted by Crippen LogP contribution is -2.45. The van der Waals surface area contributed by atoms with E-state index in [0.717, 1.165) is 17.4 Å². The van der Waals surface area contributed by atoms with Crippen molar-refractivity contribution in [1.82, 2.24) is 10.2 Å². The van der Waals surface area contributed by atoms with Crippen LogP contribution in [0.2, 0.25) is 0 Å². The van der Waals surface area contributed by atoms with Gasteiger partial charge in [0.25, 0.3) is 5.91 Å². The largest absolute Gasteiger partial charge is 0.478 e. The molecule has 0 radical (unpaired) electrons. The minimum absolute atomic E-state index is 0.159. The number of nitrogens with one attached hydrogen (secondary N) is 1. The maximum Gasteiger partial charge on any atom is 0.328 e. The number of likely N-dealkylation sites (N-methyl/N-ethyl adjacent to an activating group) is 1. The first-order chi connectivity index (χ1) is 9.85. The Labute approximate surface area is 127 Å². The molecule has 6 nitrogen and oxygen atoms in total. The van der Waals surface area contributed by atoms with Gasteiger partial charge >= 0.3 is 5.97 Å². The highest BCUT2D eigenvalue weighted by Crippen LogP contribution is 2.18. The Balaban J connectivity index is 2.68. The van der Waals surface area contributed by atoms with E-state index in [9.17, 15) is 14.4 Å². The van der Waals surface area contributed by atoms with Crippen LogP contribution in [-0.2, 0) is 9.59 Å². The summed E-state index contributed by atoms with van der Waals surface area (Å²) in [6.07, 6.45) is 2.43. The molecule has 2 amide bonds. The van der Waals surface area contributed by atoms with Gasteiger partial charge in [-0.1, -0.05) is 0 Å². The topological polar surface area (TPSA) is 86.7 Å². The van der Waals surface area contributed by atoms with E-state index < -0.39 is 12.0 Å². The van der Waals surface area contributed by atoms with Gasteiger partial charge in [0.2, 0.25) is 5.91 Å². The molecule has 1 heterocycles. The smallest absolute Gasteiger partial charge is 0.328 e. The van der Waals surface area contributed by atoms with E-state index in [1.54, 1.807) is 26.1 Å². The third-order valence-corrected chi connectivity index (χ3v) is 3.86. The molecule has 7 heteroatoms. The SMILES string of the molecule is CCN(C)C(=O)C(C)NC(=O)c1ccc(/C=C/C(=O)O)s1. The molecule has 0 bridgehead atoms. The number of carbonyl (C=O) groups excluding carboxylic acids is 2. The molecular weight excluding hydrogens is 292 g/mol. The Morgan fingerprint density at radius 3 is 2.67 bits per heavy atom. The van der Waals surface area contributed by atoms with Gasteiger partial charge in [-0.25, -0.2) is 4.79 Å². The zero-order valence-corrected chi connectivity index (χ0v) is 12.9. The van der Waals surface area contributed by atoms with Crippen molar-refractivity contribution in [3.63, 3.8) is 0 Å². The number of hydrogen-bond donors (Lipinski definition) is 2. The van der Waals surface area contributed by atoms with Crippen molar-refractivity contribution in [1.29, 1.82) is 0 Å². The lowest BCUT2D eigenvalue weighted by molar-refractivity contribution is -0.132. The quantitative estimate of drug-likeness (QED) is 0.778. The number of carboxylic acids is 1. The van der Waals surface area contributed by atoms with Gasteiger partial charge in [-0.05, 0) is 32.1 Å². The molecule has 0 aromatic carbocycles. The predicted molar refractivity (Wildman–Crippen MR) is 81.2 cm³/mol. The number of thiophene rings is 1. The van der Waals surface area contributed by atoms with Crippen molar-refractivity contribution in [2.75, 3.05) is 13.6 Å². The van der Waals surface area contributed by atoms with Crippen LogP contribution in [0.15, 0.2) is 18.2 Å². The third-order valence-electron chi connectivity index (χ3n) is 2.81. The molecule has 1 atom stereocenters. The summed E-state index contributed by atoms with van der Waals surface area (Å²) in [6, 6.07) is 2.65. The average molecular weight is 310 g/mol. The summed E-state index contributed by atoms with van der Waals surface area (Å²) in [4.78, 5) is 36.9. The van der Waals surface area contributed by atoms with E-state index in [0.29, 0.717) is 16.3 Å². The number of amides is 2. The Morgan fingerprint density at radius 2 is 2.10 bits per heavy atom. The fourth-order valence-corrected chi connectivity index (χ4v) is 2.35. The molecule has 1 aromatic rings. The number of nitrogens with zero attached hydrogens (tertiary/aromatic N) is 1. The van der Waals surface area contributed by atoms with Crippen LogP contribution < -0.4 is 5.32 Å². The Kier molecular flexibility index (Phi) is 6.10. The average Bonchev–Trinajstić information content (AvgIpc) is 2.92. The molecule has 0 fully saturated rings. The van der Waals surface area contributed by atoms with Crippen LogP contribution >= 0.6 is 11.3 Å². The summed E-state index contributed by atoms with van der Waals surface area (Å²) in [6.45, 7) is 4.06.